The van der Waals surface area contributed by atoms with Gasteiger partial charge >= 0.3 is 30.0 Å². The summed E-state index contributed by atoms with van der Waals surface area (Å²) in [5.41, 5.74) is 4.35. The predicted octanol–water partition coefficient (Wildman–Crippen LogP) is 5.53. The summed E-state index contributed by atoms with van der Waals surface area (Å²) in [7, 11) is 0. The first-order valence-electron chi connectivity index (χ1n) is 19.7. The standard InChI is InChI=1S/C47H42N2O13/c1-28(50)48-39-41(62-45(55)31-19-9-4-10-20-31)40(61-44(54)30-17-7-3-8-18-30)38(27-57-43(53)29-15-5-2-6-16-29)60-46(39)58-26-37(42(51)52)49-47(56)59-25-36-34-23-13-11-21-32(34)33-22-12-14-24-35(33)36/h2-24,36-41,46H,25-27H2,1H3,(H,48,50)(H,49,56)(H,51,52)/t37-,38+,39+,40+,41+,46+/m0/s1. The Balaban J connectivity index is 1.13. The van der Waals surface area contributed by atoms with Gasteiger partial charge in [0.1, 0.15) is 25.4 Å². The van der Waals surface area contributed by atoms with Gasteiger partial charge in [-0.05, 0) is 58.7 Å². The van der Waals surface area contributed by atoms with Crippen molar-refractivity contribution < 1.29 is 62.3 Å². The average Bonchev–Trinajstić information content (AvgIpc) is 3.61. The highest BCUT2D eigenvalue weighted by Gasteiger charge is 2.52. The Hall–Kier alpha value is -7.36. The van der Waals surface area contributed by atoms with Crippen LogP contribution in [-0.4, -0.2) is 97.5 Å². The lowest BCUT2D eigenvalue weighted by Crippen LogP contribution is -2.67. The molecule has 1 aliphatic carbocycles. The van der Waals surface area contributed by atoms with E-state index in [1.807, 2.05) is 48.5 Å². The minimum Gasteiger partial charge on any atom is -0.480 e. The molecule has 0 radical (unpaired) electrons. The van der Waals surface area contributed by atoms with Crippen LogP contribution in [-0.2, 0) is 38.0 Å². The Morgan fingerprint density at radius 3 is 1.61 bits per heavy atom. The summed E-state index contributed by atoms with van der Waals surface area (Å²) in [4.78, 5) is 79.0. The molecule has 0 unspecified atom stereocenters. The maximum atomic E-state index is 13.7. The lowest BCUT2D eigenvalue weighted by molar-refractivity contribution is -0.270. The third-order valence-corrected chi connectivity index (χ3v) is 10.3. The Bertz CT molecular complexity index is 2350. The van der Waals surface area contributed by atoms with Gasteiger partial charge in [0.25, 0.3) is 0 Å². The van der Waals surface area contributed by atoms with Crippen molar-refractivity contribution in [1.29, 1.82) is 0 Å². The van der Waals surface area contributed by atoms with Gasteiger partial charge < -0.3 is 44.2 Å². The molecule has 15 heteroatoms. The third-order valence-electron chi connectivity index (χ3n) is 10.3. The molecule has 1 heterocycles. The SMILES string of the molecule is CC(=O)N[C@H]1[C@H](OC[C@H](NC(=O)OCC2c3ccccc3-c3ccccc32)C(=O)O)O[C@H](COC(=O)c2ccccc2)[C@@H](OC(=O)c2ccccc2)[C@@H]1OC(=O)c1ccccc1. The number of carbonyl (C=O) groups excluding carboxylic acids is 5. The Kier molecular flexibility index (Phi) is 13.7. The van der Waals surface area contributed by atoms with E-state index in [9.17, 15) is 33.9 Å². The second-order valence-electron chi connectivity index (χ2n) is 14.4. The van der Waals surface area contributed by atoms with Crippen molar-refractivity contribution in [2.24, 2.45) is 0 Å². The first-order valence-corrected chi connectivity index (χ1v) is 19.7. The second kappa shape index (κ2) is 19.8. The highest BCUT2D eigenvalue weighted by atomic mass is 16.7. The minimum absolute atomic E-state index is 0.0929. The van der Waals surface area contributed by atoms with Crippen LogP contribution < -0.4 is 10.6 Å². The van der Waals surface area contributed by atoms with E-state index in [0.29, 0.717) is 0 Å². The molecule has 5 aromatic rings. The quantitative estimate of drug-likeness (QED) is 0.0878. The number of rotatable bonds is 15. The van der Waals surface area contributed by atoms with Crippen molar-refractivity contribution in [1.82, 2.24) is 10.6 Å². The van der Waals surface area contributed by atoms with Crippen LogP contribution in [0.15, 0.2) is 140 Å². The van der Waals surface area contributed by atoms with Crippen LogP contribution in [0, 0.1) is 0 Å². The number of esters is 3. The zero-order valence-corrected chi connectivity index (χ0v) is 33.3. The van der Waals surface area contributed by atoms with Crippen molar-refractivity contribution in [3.63, 3.8) is 0 Å². The van der Waals surface area contributed by atoms with Gasteiger partial charge in [-0.15, -0.1) is 0 Å². The summed E-state index contributed by atoms with van der Waals surface area (Å²) in [6.07, 6.45) is -7.26. The molecule has 6 atom stereocenters. The molecule has 1 aliphatic heterocycles. The van der Waals surface area contributed by atoms with Gasteiger partial charge in [0.2, 0.25) is 5.91 Å². The number of aliphatic carboxylic acids is 1. The molecular weight excluding hydrogens is 801 g/mol. The monoisotopic (exact) mass is 842 g/mol. The van der Waals surface area contributed by atoms with Gasteiger partial charge in [-0.1, -0.05) is 103 Å². The van der Waals surface area contributed by atoms with Crippen molar-refractivity contribution >= 4 is 35.9 Å². The maximum absolute atomic E-state index is 13.7. The fourth-order valence-corrected chi connectivity index (χ4v) is 7.35. The fourth-order valence-electron chi connectivity index (χ4n) is 7.35. The van der Waals surface area contributed by atoms with Gasteiger partial charge in [0.05, 0.1) is 23.3 Å². The third kappa shape index (κ3) is 10.1. The normalized spacial score (nSPS) is 19.4. The Morgan fingerprint density at radius 2 is 1.10 bits per heavy atom. The molecule has 1 fully saturated rings. The molecule has 0 saturated carbocycles. The first-order chi connectivity index (χ1) is 30.1. The molecule has 5 aromatic carbocycles. The smallest absolute Gasteiger partial charge is 0.407 e. The average molecular weight is 843 g/mol. The minimum atomic E-state index is -1.72. The summed E-state index contributed by atoms with van der Waals surface area (Å²) < 4.78 is 35.4. The van der Waals surface area contributed by atoms with E-state index in [4.69, 9.17) is 28.4 Å². The number of hydrogen-bond acceptors (Lipinski definition) is 12. The molecule has 0 spiro atoms. The summed E-state index contributed by atoms with van der Waals surface area (Å²) in [6, 6.07) is 36.1. The predicted molar refractivity (Wildman–Crippen MR) is 220 cm³/mol. The first kappa shape index (κ1) is 42.8. The number of carboxylic acids is 1. The molecule has 0 aromatic heterocycles. The molecule has 15 nitrogen and oxygen atoms in total. The Labute approximate surface area is 355 Å². The molecule has 62 heavy (non-hydrogen) atoms. The fraction of sp³-hybridized carbons (Fsp3) is 0.234. The van der Waals surface area contributed by atoms with Crippen LogP contribution in [0.25, 0.3) is 11.1 Å². The molecule has 1 saturated heterocycles. The van der Waals surface area contributed by atoms with Crippen molar-refractivity contribution in [2.75, 3.05) is 19.8 Å². The molecule has 3 N–H and O–H groups in total. The van der Waals surface area contributed by atoms with Gasteiger partial charge in [-0.25, -0.2) is 24.0 Å². The molecule has 318 valence electrons. The van der Waals surface area contributed by atoms with Gasteiger partial charge in [-0.3, -0.25) is 4.79 Å². The topological polar surface area (TPSA) is 202 Å². The number of ether oxygens (including phenoxy) is 6. The number of nitrogens with one attached hydrogen (secondary N) is 2. The summed E-state index contributed by atoms with van der Waals surface area (Å²) >= 11 is 0. The van der Waals surface area contributed by atoms with E-state index in [1.165, 1.54) is 43.3 Å². The number of alkyl carbamates (subject to hydrolysis) is 1. The van der Waals surface area contributed by atoms with E-state index in [-0.39, 0.29) is 29.2 Å². The van der Waals surface area contributed by atoms with E-state index in [2.05, 4.69) is 10.6 Å². The number of fused-ring (bicyclic) bond motifs is 3. The van der Waals surface area contributed by atoms with Crippen molar-refractivity contribution in [3.8, 4) is 11.1 Å². The molecule has 0 bridgehead atoms. The highest BCUT2D eigenvalue weighted by Crippen LogP contribution is 2.44. The van der Waals surface area contributed by atoms with E-state index >= 15 is 0 Å². The number of hydrogen-bond donors (Lipinski definition) is 3. The van der Waals surface area contributed by atoms with Gasteiger partial charge in [0.15, 0.2) is 24.5 Å². The van der Waals surface area contributed by atoms with E-state index in [1.54, 1.807) is 54.6 Å². The summed E-state index contributed by atoms with van der Waals surface area (Å²) in [5, 5.41) is 15.2. The van der Waals surface area contributed by atoms with E-state index < -0.39 is 85.8 Å². The second-order valence-corrected chi connectivity index (χ2v) is 14.4. The lowest BCUT2D eigenvalue weighted by atomic mass is 9.95. The Morgan fingerprint density at radius 1 is 0.613 bits per heavy atom. The van der Waals surface area contributed by atoms with Crippen molar-refractivity contribution in [2.45, 2.75) is 49.5 Å². The molecule has 7 rings (SSSR count). The van der Waals surface area contributed by atoms with Crippen LogP contribution in [0.4, 0.5) is 4.79 Å². The van der Waals surface area contributed by atoms with Gasteiger partial charge in [-0.2, -0.15) is 0 Å². The van der Waals surface area contributed by atoms with E-state index in [0.717, 1.165) is 22.3 Å². The maximum Gasteiger partial charge on any atom is 0.407 e. The van der Waals surface area contributed by atoms with Crippen LogP contribution in [0.1, 0.15) is 55.0 Å². The summed E-state index contributed by atoms with van der Waals surface area (Å²) in [6.45, 7) is -0.271. The zero-order chi connectivity index (χ0) is 43.6. The zero-order valence-electron chi connectivity index (χ0n) is 33.3. The lowest BCUT2D eigenvalue weighted by Gasteiger charge is -2.45. The van der Waals surface area contributed by atoms with Gasteiger partial charge in [0, 0.05) is 12.8 Å². The number of benzene rings is 5. The van der Waals surface area contributed by atoms with Crippen LogP contribution in [0.2, 0.25) is 0 Å². The van der Waals surface area contributed by atoms with Crippen LogP contribution in [0.5, 0.6) is 0 Å². The largest absolute Gasteiger partial charge is 0.480 e. The summed E-state index contributed by atoms with van der Waals surface area (Å²) in [5.74, 6) is -4.96. The molecule has 2 amide bonds. The number of carbonyl (C=O) groups is 6. The highest BCUT2D eigenvalue weighted by molar-refractivity contribution is 5.91. The molecular formula is C47H42N2O13. The van der Waals surface area contributed by atoms with Crippen LogP contribution in [0.3, 0.4) is 0 Å². The number of carboxylic acid groups (broad SMARTS) is 1. The van der Waals surface area contributed by atoms with Crippen LogP contribution >= 0.6 is 0 Å². The number of amides is 2. The molecule has 2 aliphatic rings. The van der Waals surface area contributed by atoms with Crippen molar-refractivity contribution in [3.05, 3.63) is 167 Å².